The number of aromatic nitrogens is 1. The molecule has 34 heavy (non-hydrogen) atoms. The molecule has 1 amide bonds. The van der Waals surface area contributed by atoms with E-state index >= 15 is 0 Å². The van der Waals surface area contributed by atoms with Gasteiger partial charge in [-0.3, -0.25) is 4.79 Å². The monoisotopic (exact) mass is 452 g/mol. The third kappa shape index (κ3) is 3.79. The Morgan fingerprint density at radius 3 is 1.71 bits per heavy atom. The van der Waals surface area contributed by atoms with Crippen LogP contribution in [-0.4, -0.2) is 21.7 Å². The maximum Gasteiger partial charge on any atom is 0.280 e. The Morgan fingerprint density at radius 2 is 1.18 bits per heavy atom. The molecule has 0 atom stereocenters. The molecule has 2 heterocycles. The smallest absolute Gasteiger partial charge is 0.280 e. The van der Waals surface area contributed by atoms with E-state index < -0.39 is 0 Å². The minimum Gasteiger partial charge on any atom is -0.494 e. The van der Waals surface area contributed by atoms with Crippen molar-refractivity contribution in [2.45, 2.75) is 76.0 Å². The van der Waals surface area contributed by atoms with Crippen LogP contribution in [0.4, 0.5) is 0 Å². The number of aliphatic imine (C=N–C) groups is 1. The Balaban J connectivity index is 1.28. The predicted octanol–water partition coefficient (Wildman–Crippen LogP) is 7.47. The maximum absolute atomic E-state index is 13.0. The molecule has 2 fully saturated rings. The summed E-state index contributed by atoms with van der Waals surface area (Å²) in [6, 6.07) is 16.9. The lowest BCUT2D eigenvalue weighted by Crippen LogP contribution is -2.05. The van der Waals surface area contributed by atoms with Crippen LogP contribution in [0, 0.1) is 0 Å². The summed E-state index contributed by atoms with van der Waals surface area (Å²) in [6.07, 6.45) is 12.9. The van der Waals surface area contributed by atoms with Gasteiger partial charge >= 0.3 is 0 Å². The summed E-state index contributed by atoms with van der Waals surface area (Å²) >= 11 is 0. The standard InChI is InChI=1S/C30H32N2O2/c33-29-25-26(28(32-29)24-17-13-22(14-18-24)20-9-5-2-6-10-20)30(34)31-27(25)23-15-11-21(12-16-23)19-7-3-1-4-8-19/h11-20,31,34H,1-10H2. The van der Waals surface area contributed by atoms with Crippen molar-refractivity contribution in [2.75, 3.05) is 0 Å². The molecule has 3 aromatic rings. The van der Waals surface area contributed by atoms with Crippen LogP contribution in [0.1, 0.15) is 109 Å². The summed E-state index contributed by atoms with van der Waals surface area (Å²) in [5.74, 6) is 1.000. The van der Waals surface area contributed by atoms with Crippen LogP contribution in [0.25, 0.3) is 11.3 Å². The van der Waals surface area contributed by atoms with Crippen LogP contribution in [0.2, 0.25) is 0 Å². The molecule has 2 aromatic carbocycles. The average molecular weight is 453 g/mol. The third-order valence-electron chi connectivity index (χ3n) is 8.18. The molecule has 2 N–H and O–H groups in total. The Labute approximate surface area is 201 Å². The molecule has 2 saturated carbocycles. The zero-order valence-electron chi connectivity index (χ0n) is 19.6. The number of aromatic amines is 1. The zero-order chi connectivity index (χ0) is 23.1. The summed E-state index contributed by atoms with van der Waals surface area (Å²) in [4.78, 5) is 20.4. The Bertz CT molecular complexity index is 1220. The largest absolute Gasteiger partial charge is 0.494 e. The van der Waals surface area contributed by atoms with Gasteiger partial charge in [0.15, 0.2) is 5.88 Å². The topological polar surface area (TPSA) is 65.4 Å². The number of nitrogens with zero attached hydrogens (tertiary/aromatic N) is 1. The van der Waals surface area contributed by atoms with Gasteiger partial charge in [0.1, 0.15) is 0 Å². The molecule has 1 aromatic heterocycles. The minimum atomic E-state index is -0.288. The van der Waals surface area contributed by atoms with E-state index in [0.29, 0.717) is 34.4 Å². The summed E-state index contributed by atoms with van der Waals surface area (Å²) in [5, 5.41) is 10.8. The molecule has 1 aliphatic heterocycles. The number of hydrogen-bond acceptors (Lipinski definition) is 2. The first kappa shape index (κ1) is 21.4. The summed E-state index contributed by atoms with van der Waals surface area (Å²) in [7, 11) is 0. The minimum absolute atomic E-state index is 0.0160. The highest BCUT2D eigenvalue weighted by atomic mass is 16.3. The molecular formula is C30H32N2O2. The quantitative estimate of drug-likeness (QED) is 0.431. The molecule has 0 spiro atoms. The van der Waals surface area contributed by atoms with E-state index in [0.717, 1.165) is 11.1 Å². The van der Waals surface area contributed by atoms with Crippen molar-refractivity contribution in [3.8, 4) is 17.1 Å². The van der Waals surface area contributed by atoms with Crippen molar-refractivity contribution >= 4 is 11.6 Å². The molecule has 0 bridgehead atoms. The molecule has 0 radical (unpaired) electrons. The van der Waals surface area contributed by atoms with Crippen LogP contribution in [-0.2, 0) is 0 Å². The number of carbonyl (C=O) groups is 1. The number of fused-ring (bicyclic) bond motifs is 1. The van der Waals surface area contributed by atoms with Crippen LogP contribution in [0.5, 0.6) is 5.88 Å². The molecule has 4 heteroatoms. The van der Waals surface area contributed by atoms with E-state index in [1.165, 1.54) is 75.3 Å². The third-order valence-corrected chi connectivity index (χ3v) is 8.18. The van der Waals surface area contributed by atoms with Crippen molar-refractivity contribution in [3.05, 3.63) is 76.3 Å². The number of hydrogen-bond donors (Lipinski definition) is 2. The van der Waals surface area contributed by atoms with Crippen molar-refractivity contribution in [3.63, 3.8) is 0 Å². The Morgan fingerprint density at radius 1 is 0.676 bits per heavy atom. The van der Waals surface area contributed by atoms with Crippen LogP contribution >= 0.6 is 0 Å². The van der Waals surface area contributed by atoms with Gasteiger partial charge in [-0.05, 0) is 54.2 Å². The van der Waals surface area contributed by atoms with Gasteiger partial charge in [-0.1, -0.05) is 87.1 Å². The number of aromatic hydroxyl groups is 1. The van der Waals surface area contributed by atoms with Gasteiger partial charge in [-0.25, -0.2) is 4.99 Å². The molecular weight excluding hydrogens is 420 g/mol. The maximum atomic E-state index is 13.0. The second kappa shape index (κ2) is 8.90. The zero-order valence-corrected chi connectivity index (χ0v) is 19.6. The highest BCUT2D eigenvalue weighted by molar-refractivity contribution is 6.30. The van der Waals surface area contributed by atoms with Crippen LogP contribution in [0.15, 0.2) is 53.5 Å². The van der Waals surface area contributed by atoms with Crippen LogP contribution < -0.4 is 0 Å². The van der Waals surface area contributed by atoms with E-state index in [4.69, 9.17) is 0 Å². The first-order valence-corrected chi connectivity index (χ1v) is 13.0. The Kier molecular flexibility index (Phi) is 5.60. The van der Waals surface area contributed by atoms with Crippen LogP contribution in [0.3, 0.4) is 0 Å². The fraction of sp³-hybridized carbons (Fsp3) is 0.400. The predicted molar refractivity (Wildman–Crippen MR) is 136 cm³/mol. The molecule has 4 nitrogen and oxygen atoms in total. The number of rotatable bonds is 4. The molecule has 6 rings (SSSR count). The lowest BCUT2D eigenvalue weighted by molar-refractivity contribution is 0.101. The lowest BCUT2D eigenvalue weighted by Gasteiger charge is -2.22. The van der Waals surface area contributed by atoms with Gasteiger partial charge in [0.25, 0.3) is 5.91 Å². The highest BCUT2D eigenvalue weighted by Crippen LogP contribution is 2.40. The number of amides is 1. The second-order valence-corrected chi connectivity index (χ2v) is 10.3. The fourth-order valence-electron chi connectivity index (χ4n) is 6.28. The van der Waals surface area contributed by atoms with Gasteiger partial charge in [-0.15, -0.1) is 0 Å². The SMILES string of the molecule is O=C1N=C(c2ccc(C3CCCCC3)cc2)c2c(O)[nH]c(-c3ccc(C4CCCCC4)cc3)c21. The van der Waals surface area contributed by atoms with Crippen molar-refractivity contribution in [1.82, 2.24) is 4.98 Å². The molecule has 0 unspecified atom stereocenters. The molecule has 0 saturated heterocycles. The van der Waals surface area contributed by atoms with Gasteiger partial charge in [-0.2, -0.15) is 0 Å². The second-order valence-electron chi connectivity index (χ2n) is 10.3. The highest BCUT2D eigenvalue weighted by Gasteiger charge is 2.33. The molecule has 174 valence electrons. The molecule has 2 aliphatic carbocycles. The Hall–Kier alpha value is -3.14. The summed E-state index contributed by atoms with van der Waals surface area (Å²) in [5.41, 5.74) is 6.76. The lowest BCUT2D eigenvalue weighted by atomic mass is 9.83. The van der Waals surface area contributed by atoms with E-state index in [1.54, 1.807) is 0 Å². The average Bonchev–Trinajstić information content (AvgIpc) is 3.43. The normalized spacial score (nSPS) is 19.3. The van der Waals surface area contributed by atoms with Gasteiger partial charge in [0.2, 0.25) is 0 Å². The summed E-state index contributed by atoms with van der Waals surface area (Å²) in [6.45, 7) is 0. The van der Waals surface area contributed by atoms with Crippen molar-refractivity contribution in [1.29, 1.82) is 0 Å². The number of benzene rings is 2. The van der Waals surface area contributed by atoms with E-state index in [1.807, 2.05) is 0 Å². The van der Waals surface area contributed by atoms with Gasteiger partial charge in [0, 0.05) is 5.56 Å². The van der Waals surface area contributed by atoms with E-state index in [9.17, 15) is 9.90 Å². The number of carbonyl (C=O) groups excluding carboxylic acids is 1. The van der Waals surface area contributed by atoms with Gasteiger partial charge < -0.3 is 10.1 Å². The fourth-order valence-corrected chi connectivity index (χ4v) is 6.28. The first-order valence-electron chi connectivity index (χ1n) is 13.0. The first-order chi connectivity index (χ1) is 16.7. The van der Waals surface area contributed by atoms with Crippen molar-refractivity contribution < 1.29 is 9.90 Å². The van der Waals surface area contributed by atoms with Gasteiger partial charge in [0.05, 0.1) is 22.5 Å². The molecule has 3 aliphatic rings. The number of H-pyrrole nitrogens is 1. The summed E-state index contributed by atoms with van der Waals surface area (Å²) < 4.78 is 0. The van der Waals surface area contributed by atoms with E-state index in [-0.39, 0.29) is 11.8 Å². The number of nitrogens with one attached hydrogen (secondary N) is 1. The van der Waals surface area contributed by atoms with Crippen molar-refractivity contribution in [2.24, 2.45) is 4.99 Å². The van der Waals surface area contributed by atoms with E-state index in [2.05, 4.69) is 58.5 Å².